The van der Waals surface area contributed by atoms with Gasteiger partial charge in [0.05, 0.1) is 13.2 Å². The number of hydrogen-bond donors (Lipinski definition) is 0. The fourth-order valence-corrected chi connectivity index (χ4v) is 9.53. The van der Waals surface area contributed by atoms with Gasteiger partial charge in [-0.2, -0.15) is 8.78 Å². The molecular weight excluding hydrogens is 462 g/mol. The standard InChI is InChI=1S/C30H46F2O4/c1-19(18-30(31,32)27(33)34-4)23-10-11-24-22-9-8-20-17-21(36-26-7-5-6-16-35-26)12-14-28(20,2)25(22)13-15-29(23,24)3/h8,19,21-26H,5-7,9-18H2,1-4H3/t19-,21+,22+,23-,24+,25+,26?,28+,29-/m1/s1. The van der Waals surface area contributed by atoms with Gasteiger partial charge in [0.25, 0.3) is 0 Å². The molecule has 0 aromatic carbocycles. The van der Waals surface area contributed by atoms with Gasteiger partial charge in [-0.15, -0.1) is 0 Å². The smallest absolute Gasteiger partial charge is 0.376 e. The van der Waals surface area contributed by atoms with E-state index >= 15 is 0 Å². The second-order valence-electron chi connectivity index (χ2n) is 13.2. The quantitative estimate of drug-likeness (QED) is 0.279. The largest absolute Gasteiger partial charge is 0.465 e. The highest BCUT2D eigenvalue weighted by Crippen LogP contribution is 2.67. The van der Waals surface area contributed by atoms with Gasteiger partial charge in [-0.1, -0.05) is 32.4 Å². The van der Waals surface area contributed by atoms with Gasteiger partial charge < -0.3 is 14.2 Å². The summed E-state index contributed by atoms with van der Waals surface area (Å²) >= 11 is 0. The van der Waals surface area contributed by atoms with Crippen LogP contribution in [0.3, 0.4) is 0 Å². The molecular formula is C30H46F2O4. The molecule has 6 heteroatoms. The van der Waals surface area contributed by atoms with Gasteiger partial charge in [-0.25, -0.2) is 4.79 Å². The first kappa shape index (κ1) is 26.6. The predicted octanol–water partition coefficient (Wildman–Crippen LogP) is 7.31. The van der Waals surface area contributed by atoms with Crippen molar-refractivity contribution < 1.29 is 27.8 Å². The van der Waals surface area contributed by atoms with Crippen molar-refractivity contribution in [2.45, 2.75) is 116 Å². The van der Waals surface area contributed by atoms with Gasteiger partial charge in [0, 0.05) is 13.0 Å². The molecule has 204 valence electrons. The summed E-state index contributed by atoms with van der Waals surface area (Å²) in [6, 6.07) is 0. The molecule has 4 aliphatic carbocycles. The Balaban J connectivity index is 1.27. The number of alkyl halides is 2. The highest BCUT2D eigenvalue weighted by molar-refractivity contribution is 5.77. The first-order valence-electron chi connectivity index (χ1n) is 14.5. The topological polar surface area (TPSA) is 44.8 Å². The fourth-order valence-electron chi connectivity index (χ4n) is 9.53. The second-order valence-corrected chi connectivity index (χ2v) is 13.2. The van der Waals surface area contributed by atoms with E-state index in [0.717, 1.165) is 65.1 Å². The number of hydrogen-bond acceptors (Lipinski definition) is 4. The SMILES string of the molecule is COC(=O)C(F)(F)C[C@@H](C)[C@H]1CC[C@H]2[C@@H]3CC=C4C[C@@H](OC5CCCCO5)CC[C@]4(C)[C@H]3CC[C@]12C. The predicted molar refractivity (Wildman–Crippen MR) is 134 cm³/mol. The molecule has 4 fully saturated rings. The van der Waals surface area contributed by atoms with Crippen molar-refractivity contribution in [2.75, 3.05) is 13.7 Å². The van der Waals surface area contributed by atoms with Gasteiger partial charge in [0.15, 0.2) is 6.29 Å². The molecule has 1 unspecified atom stereocenters. The molecule has 1 aliphatic heterocycles. The summed E-state index contributed by atoms with van der Waals surface area (Å²) in [6.45, 7) is 7.62. The molecule has 3 saturated carbocycles. The van der Waals surface area contributed by atoms with E-state index < -0.39 is 18.3 Å². The van der Waals surface area contributed by atoms with Crippen LogP contribution in [0.1, 0.15) is 97.8 Å². The van der Waals surface area contributed by atoms with Gasteiger partial charge in [0.1, 0.15) is 0 Å². The zero-order valence-electron chi connectivity index (χ0n) is 22.7. The Hall–Kier alpha value is -1.01. The maximum absolute atomic E-state index is 14.5. The Kier molecular flexibility index (Phi) is 7.35. The molecule has 36 heavy (non-hydrogen) atoms. The third-order valence-electron chi connectivity index (χ3n) is 11.4. The molecule has 0 spiro atoms. The van der Waals surface area contributed by atoms with E-state index in [-0.39, 0.29) is 35.1 Å². The van der Waals surface area contributed by atoms with Crippen molar-refractivity contribution in [1.82, 2.24) is 0 Å². The Morgan fingerprint density at radius 2 is 1.94 bits per heavy atom. The van der Waals surface area contributed by atoms with Crippen LogP contribution < -0.4 is 0 Å². The molecule has 0 amide bonds. The van der Waals surface area contributed by atoms with E-state index in [1.54, 1.807) is 5.57 Å². The average molecular weight is 509 g/mol. The monoisotopic (exact) mass is 508 g/mol. The van der Waals surface area contributed by atoms with E-state index in [1.807, 2.05) is 6.92 Å². The number of allylic oxidation sites excluding steroid dienone is 1. The summed E-state index contributed by atoms with van der Waals surface area (Å²) in [5.74, 6) is -2.88. The van der Waals surface area contributed by atoms with Crippen molar-refractivity contribution in [3.8, 4) is 0 Å². The number of fused-ring (bicyclic) bond motifs is 5. The summed E-state index contributed by atoms with van der Waals surface area (Å²) < 4.78 is 45.5. The van der Waals surface area contributed by atoms with Crippen LogP contribution in [0.4, 0.5) is 8.78 Å². The van der Waals surface area contributed by atoms with Crippen molar-refractivity contribution in [1.29, 1.82) is 0 Å². The molecule has 9 atom stereocenters. The Morgan fingerprint density at radius 1 is 1.14 bits per heavy atom. The van der Waals surface area contributed by atoms with Crippen molar-refractivity contribution in [2.24, 2.45) is 40.4 Å². The van der Waals surface area contributed by atoms with E-state index in [9.17, 15) is 13.6 Å². The van der Waals surface area contributed by atoms with Crippen LogP contribution in [0.25, 0.3) is 0 Å². The van der Waals surface area contributed by atoms with Crippen molar-refractivity contribution >= 4 is 5.97 Å². The summed E-state index contributed by atoms with van der Waals surface area (Å²) in [5.41, 5.74) is 1.91. The van der Waals surface area contributed by atoms with E-state index in [4.69, 9.17) is 9.47 Å². The molecule has 4 nitrogen and oxygen atoms in total. The maximum atomic E-state index is 14.5. The minimum absolute atomic E-state index is 0.0237. The second kappa shape index (κ2) is 9.94. The van der Waals surface area contributed by atoms with Crippen LogP contribution in [0.15, 0.2) is 11.6 Å². The molecule has 1 heterocycles. The van der Waals surface area contributed by atoms with Crippen LogP contribution in [0.2, 0.25) is 0 Å². The average Bonchev–Trinajstić information content (AvgIpc) is 3.21. The number of carbonyl (C=O) groups excluding carboxylic acids is 1. The summed E-state index contributed by atoms with van der Waals surface area (Å²) in [5, 5.41) is 0. The number of rotatable bonds is 6. The minimum atomic E-state index is -3.40. The number of ether oxygens (including phenoxy) is 3. The zero-order chi connectivity index (χ0) is 25.7. The fraction of sp³-hybridized carbons (Fsp3) is 0.900. The summed E-state index contributed by atoms with van der Waals surface area (Å²) in [4.78, 5) is 11.6. The van der Waals surface area contributed by atoms with Crippen LogP contribution in [0.5, 0.6) is 0 Å². The molecule has 0 N–H and O–H groups in total. The number of methoxy groups -OCH3 is 1. The minimum Gasteiger partial charge on any atom is -0.465 e. The van der Waals surface area contributed by atoms with Crippen LogP contribution >= 0.6 is 0 Å². The highest BCUT2D eigenvalue weighted by Gasteiger charge is 2.60. The number of esters is 1. The normalized spacial score (nSPS) is 43.6. The highest BCUT2D eigenvalue weighted by atomic mass is 19.3. The van der Waals surface area contributed by atoms with E-state index in [2.05, 4.69) is 24.7 Å². The molecule has 1 saturated heterocycles. The molecule has 0 radical (unpaired) electrons. The van der Waals surface area contributed by atoms with Gasteiger partial charge in [0.2, 0.25) is 0 Å². The molecule has 0 bridgehead atoms. The van der Waals surface area contributed by atoms with Crippen molar-refractivity contribution in [3.05, 3.63) is 11.6 Å². The van der Waals surface area contributed by atoms with Crippen LogP contribution in [0, 0.1) is 40.4 Å². The molecule has 5 rings (SSSR count). The lowest BCUT2D eigenvalue weighted by Gasteiger charge is -2.58. The third-order valence-corrected chi connectivity index (χ3v) is 11.4. The van der Waals surface area contributed by atoms with Crippen LogP contribution in [-0.2, 0) is 19.0 Å². The summed E-state index contributed by atoms with van der Waals surface area (Å²) in [7, 11) is 1.05. The number of halogens is 2. The van der Waals surface area contributed by atoms with Crippen molar-refractivity contribution in [3.63, 3.8) is 0 Å². The van der Waals surface area contributed by atoms with Gasteiger partial charge in [-0.05, 0) is 111 Å². The summed E-state index contributed by atoms with van der Waals surface area (Å²) in [6.07, 6.45) is 14.5. The number of carbonyl (C=O) groups is 1. The lowest BCUT2D eigenvalue weighted by molar-refractivity contribution is -0.195. The first-order valence-corrected chi connectivity index (χ1v) is 14.5. The third kappa shape index (κ3) is 4.57. The Morgan fingerprint density at radius 3 is 2.67 bits per heavy atom. The molecule has 5 aliphatic rings. The Labute approximate surface area is 215 Å². The van der Waals surface area contributed by atoms with Gasteiger partial charge >= 0.3 is 11.9 Å². The molecule has 0 aromatic rings. The van der Waals surface area contributed by atoms with E-state index in [0.29, 0.717) is 17.8 Å². The van der Waals surface area contributed by atoms with Crippen LogP contribution in [-0.4, -0.2) is 38.0 Å². The Bertz CT molecular complexity index is 852. The first-order chi connectivity index (χ1) is 17.1. The maximum Gasteiger partial charge on any atom is 0.376 e. The van der Waals surface area contributed by atoms with Gasteiger partial charge in [-0.3, -0.25) is 0 Å². The lowest BCUT2D eigenvalue weighted by atomic mass is 9.47. The van der Waals surface area contributed by atoms with E-state index in [1.165, 1.54) is 19.3 Å². The lowest BCUT2D eigenvalue weighted by Crippen LogP contribution is -2.51. The zero-order valence-corrected chi connectivity index (χ0v) is 22.7. The molecule has 0 aromatic heterocycles.